The van der Waals surface area contributed by atoms with Gasteiger partial charge in [0, 0.05) is 36.5 Å². The van der Waals surface area contributed by atoms with Crippen LogP contribution in [0.4, 0.5) is 11.5 Å². The van der Waals surface area contributed by atoms with E-state index in [1.54, 1.807) is 36.0 Å². The third-order valence-corrected chi connectivity index (χ3v) is 8.61. The molecule has 0 spiro atoms. The number of thioether (sulfide) groups is 1. The highest BCUT2D eigenvalue weighted by Crippen LogP contribution is 2.40. The predicted octanol–water partition coefficient (Wildman–Crippen LogP) is 3.76. The van der Waals surface area contributed by atoms with Crippen LogP contribution >= 0.6 is 11.8 Å². The number of hydrogen-bond acceptors (Lipinski definition) is 7. The lowest BCUT2D eigenvalue weighted by Crippen LogP contribution is -2.37. The van der Waals surface area contributed by atoms with Crippen LogP contribution in [0.25, 0.3) is 11.1 Å². The second-order valence-corrected chi connectivity index (χ2v) is 10.7. The second-order valence-electron chi connectivity index (χ2n) is 7.75. The summed E-state index contributed by atoms with van der Waals surface area (Å²) < 4.78 is 34.0. The van der Waals surface area contributed by atoms with E-state index in [0.29, 0.717) is 36.8 Å². The molecule has 2 aromatic carbocycles. The highest BCUT2D eigenvalue weighted by Gasteiger charge is 2.30. The number of nitriles is 1. The predicted molar refractivity (Wildman–Crippen MR) is 129 cm³/mol. The van der Waals surface area contributed by atoms with Gasteiger partial charge in [0.25, 0.3) is 10.0 Å². The molecule has 0 radical (unpaired) electrons. The van der Waals surface area contributed by atoms with Crippen molar-refractivity contribution >= 4 is 33.3 Å². The molecular weight excluding hydrogens is 456 g/mol. The van der Waals surface area contributed by atoms with Crippen LogP contribution in [0.2, 0.25) is 0 Å². The molecule has 0 saturated carbocycles. The number of rotatable bonds is 4. The van der Waals surface area contributed by atoms with Crippen molar-refractivity contribution in [2.45, 2.75) is 9.79 Å². The molecule has 2 aliphatic heterocycles. The second kappa shape index (κ2) is 9.06. The van der Waals surface area contributed by atoms with Crippen LogP contribution in [-0.4, -0.2) is 52.0 Å². The molecule has 7 nitrogen and oxygen atoms in total. The Morgan fingerprint density at radius 2 is 1.73 bits per heavy atom. The Hall–Kier alpha value is -3.06. The van der Waals surface area contributed by atoms with Crippen molar-refractivity contribution in [3.05, 3.63) is 66.4 Å². The number of fused-ring (bicyclic) bond motifs is 1. The summed E-state index contributed by atoms with van der Waals surface area (Å²) >= 11 is 1.65. The molecule has 1 aromatic heterocycles. The summed E-state index contributed by atoms with van der Waals surface area (Å²) in [6.07, 6.45) is 1.45. The van der Waals surface area contributed by atoms with Crippen molar-refractivity contribution in [3.8, 4) is 17.2 Å². The summed E-state index contributed by atoms with van der Waals surface area (Å²) in [6.45, 7) is 3.17. The molecule has 1 fully saturated rings. The van der Waals surface area contributed by atoms with Gasteiger partial charge in [-0.15, -0.1) is 11.8 Å². The van der Waals surface area contributed by atoms with Crippen molar-refractivity contribution in [2.24, 2.45) is 0 Å². The van der Waals surface area contributed by atoms with E-state index >= 15 is 0 Å². The van der Waals surface area contributed by atoms with Crippen LogP contribution in [0.15, 0.2) is 70.6 Å². The molecule has 0 amide bonds. The third kappa shape index (κ3) is 4.29. The molecule has 1 saturated heterocycles. The standard InChI is InChI=1S/C24H22N4O3S2/c25-16-18-1-3-19(4-2-18)20-5-7-23-22(15-20)28(11-14-32-23)33(29,30)21-6-8-24(26-17-21)27-9-12-31-13-10-27/h1-8,15,17H,9-14H2. The van der Waals surface area contributed by atoms with Gasteiger partial charge in [-0.05, 0) is 47.5 Å². The Labute approximate surface area is 197 Å². The quantitative estimate of drug-likeness (QED) is 0.564. The number of benzene rings is 2. The lowest BCUT2D eigenvalue weighted by atomic mass is 10.0. The highest BCUT2D eigenvalue weighted by molar-refractivity contribution is 8.00. The van der Waals surface area contributed by atoms with Gasteiger partial charge in [-0.3, -0.25) is 4.31 Å². The molecule has 0 aliphatic carbocycles. The summed E-state index contributed by atoms with van der Waals surface area (Å²) in [5.41, 5.74) is 3.10. The number of ether oxygens (including phenoxy) is 1. The summed E-state index contributed by atoms with van der Waals surface area (Å²) in [5.74, 6) is 1.44. The lowest BCUT2D eigenvalue weighted by molar-refractivity contribution is 0.122. The van der Waals surface area contributed by atoms with Crippen molar-refractivity contribution in [1.82, 2.24) is 4.98 Å². The molecule has 0 atom stereocenters. The molecule has 3 aromatic rings. The van der Waals surface area contributed by atoms with Gasteiger partial charge >= 0.3 is 0 Å². The SMILES string of the molecule is N#Cc1ccc(-c2ccc3c(c2)N(S(=O)(=O)c2ccc(N4CCOCC4)nc2)CCS3)cc1. The van der Waals surface area contributed by atoms with Crippen LogP contribution in [-0.2, 0) is 14.8 Å². The van der Waals surface area contributed by atoms with Gasteiger partial charge < -0.3 is 9.64 Å². The van der Waals surface area contributed by atoms with E-state index in [0.717, 1.165) is 34.9 Å². The molecule has 3 heterocycles. The fraction of sp³-hybridized carbons (Fsp3) is 0.250. The normalized spacial score (nSPS) is 16.2. The number of morpholine rings is 1. The van der Waals surface area contributed by atoms with Gasteiger partial charge in [0.1, 0.15) is 10.7 Å². The van der Waals surface area contributed by atoms with Crippen LogP contribution in [0.1, 0.15) is 5.56 Å². The molecule has 0 N–H and O–H groups in total. The number of sulfonamides is 1. The molecule has 5 rings (SSSR count). The molecule has 9 heteroatoms. The van der Waals surface area contributed by atoms with Gasteiger partial charge in [-0.1, -0.05) is 18.2 Å². The van der Waals surface area contributed by atoms with E-state index in [9.17, 15) is 8.42 Å². The Balaban J connectivity index is 1.46. The Bertz CT molecular complexity index is 1300. The van der Waals surface area contributed by atoms with Crippen LogP contribution in [0.3, 0.4) is 0 Å². The van der Waals surface area contributed by atoms with Gasteiger partial charge in [0.05, 0.1) is 30.5 Å². The summed E-state index contributed by atoms with van der Waals surface area (Å²) in [5, 5.41) is 9.04. The first-order valence-electron chi connectivity index (χ1n) is 10.7. The molecular formula is C24H22N4O3S2. The maximum Gasteiger partial charge on any atom is 0.265 e. The van der Waals surface area contributed by atoms with Crippen LogP contribution < -0.4 is 9.21 Å². The molecule has 0 unspecified atom stereocenters. The zero-order valence-corrected chi connectivity index (χ0v) is 19.5. The number of nitrogens with zero attached hydrogens (tertiary/aromatic N) is 4. The first kappa shape index (κ1) is 21.8. The Morgan fingerprint density at radius 3 is 2.42 bits per heavy atom. The number of hydrogen-bond donors (Lipinski definition) is 0. The minimum atomic E-state index is -3.76. The maximum atomic E-state index is 13.6. The zero-order valence-electron chi connectivity index (χ0n) is 17.8. The lowest BCUT2D eigenvalue weighted by Gasteiger charge is -2.31. The fourth-order valence-electron chi connectivity index (χ4n) is 3.99. The first-order valence-corrected chi connectivity index (χ1v) is 13.1. The highest BCUT2D eigenvalue weighted by atomic mass is 32.2. The molecule has 168 valence electrons. The van der Waals surface area contributed by atoms with Gasteiger partial charge in [0.15, 0.2) is 0 Å². The molecule has 0 bridgehead atoms. The summed E-state index contributed by atoms with van der Waals surface area (Å²) in [7, 11) is -3.76. The van der Waals surface area contributed by atoms with E-state index in [-0.39, 0.29) is 4.90 Å². The van der Waals surface area contributed by atoms with E-state index in [1.165, 1.54) is 10.5 Å². The molecule has 33 heavy (non-hydrogen) atoms. The summed E-state index contributed by atoms with van der Waals surface area (Å²) in [4.78, 5) is 7.64. The maximum absolute atomic E-state index is 13.6. The minimum absolute atomic E-state index is 0.182. The van der Waals surface area contributed by atoms with E-state index in [1.807, 2.05) is 30.3 Å². The number of aromatic nitrogens is 1. The average Bonchev–Trinajstić information content (AvgIpc) is 2.88. The number of anilines is 2. The van der Waals surface area contributed by atoms with Crippen molar-refractivity contribution in [2.75, 3.05) is 47.8 Å². The number of pyridine rings is 1. The van der Waals surface area contributed by atoms with Gasteiger partial charge in [-0.25, -0.2) is 13.4 Å². The fourth-order valence-corrected chi connectivity index (χ4v) is 6.56. The summed E-state index contributed by atoms with van der Waals surface area (Å²) in [6, 6.07) is 18.7. The topological polar surface area (TPSA) is 86.5 Å². The minimum Gasteiger partial charge on any atom is -0.378 e. The zero-order chi connectivity index (χ0) is 22.8. The van der Waals surface area contributed by atoms with E-state index in [2.05, 4.69) is 16.0 Å². The smallest absolute Gasteiger partial charge is 0.265 e. The van der Waals surface area contributed by atoms with Crippen LogP contribution in [0.5, 0.6) is 0 Å². The monoisotopic (exact) mass is 478 g/mol. The van der Waals surface area contributed by atoms with E-state index < -0.39 is 10.0 Å². The first-order chi connectivity index (χ1) is 16.1. The average molecular weight is 479 g/mol. The van der Waals surface area contributed by atoms with E-state index in [4.69, 9.17) is 10.00 Å². The van der Waals surface area contributed by atoms with Crippen molar-refractivity contribution < 1.29 is 13.2 Å². The molecule has 2 aliphatic rings. The van der Waals surface area contributed by atoms with Crippen molar-refractivity contribution in [3.63, 3.8) is 0 Å². The Kier molecular flexibility index (Phi) is 5.98. The Morgan fingerprint density at radius 1 is 0.970 bits per heavy atom. The van der Waals surface area contributed by atoms with Crippen molar-refractivity contribution in [1.29, 1.82) is 5.26 Å². The largest absolute Gasteiger partial charge is 0.378 e. The van der Waals surface area contributed by atoms with Gasteiger partial charge in [-0.2, -0.15) is 5.26 Å². The van der Waals surface area contributed by atoms with Crippen LogP contribution in [0, 0.1) is 11.3 Å². The van der Waals surface area contributed by atoms with Gasteiger partial charge in [0.2, 0.25) is 0 Å². The third-order valence-electron chi connectivity index (χ3n) is 5.77.